The Labute approximate surface area is 128 Å². The first-order valence-corrected chi connectivity index (χ1v) is 8.99. The zero-order chi connectivity index (χ0) is 14.4. The molecule has 1 heterocycles. The minimum Gasteiger partial charge on any atom is -0.308 e. The van der Waals surface area contributed by atoms with Crippen LogP contribution in [0.15, 0.2) is 12.3 Å². The summed E-state index contributed by atoms with van der Waals surface area (Å²) in [6, 6.07) is 2.77. The van der Waals surface area contributed by atoms with Gasteiger partial charge in [-0.2, -0.15) is 5.10 Å². The van der Waals surface area contributed by atoms with Crippen LogP contribution in [0, 0.1) is 23.2 Å². The number of nitrogens with zero attached hydrogens (tertiary/aromatic N) is 2. The Bertz CT molecular complexity index is 469. The van der Waals surface area contributed by atoms with Gasteiger partial charge in [0.25, 0.3) is 0 Å². The summed E-state index contributed by atoms with van der Waals surface area (Å²) in [5, 5.41) is 8.40. The fraction of sp³-hybridized carbons (Fsp3) is 0.833. The predicted molar refractivity (Wildman–Crippen MR) is 84.9 cm³/mol. The van der Waals surface area contributed by atoms with Gasteiger partial charge >= 0.3 is 0 Å². The van der Waals surface area contributed by atoms with Crippen molar-refractivity contribution >= 4 is 0 Å². The van der Waals surface area contributed by atoms with Crippen molar-refractivity contribution in [2.45, 2.75) is 65.0 Å². The maximum atomic E-state index is 4.54. The quantitative estimate of drug-likeness (QED) is 0.893. The van der Waals surface area contributed by atoms with Crippen LogP contribution in [0.25, 0.3) is 0 Å². The van der Waals surface area contributed by atoms with Crippen LogP contribution in [-0.4, -0.2) is 16.3 Å². The van der Waals surface area contributed by atoms with Crippen molar-refractivity contribution in [2.24, 2.45) is 23.2 Å². The standard InChI is InChI=1S/C18H29N3/c1-3-19-17(16-5-6-20-21(16)4-2)18-10-13-7-14(11-18)9-15(8-13)12-18/h5-6,13-15,17,19H,3-4,7-12H2,1-2H3. The second-order valence-corrected chi connectivity index (χ2v) is 7.84. The van der Waals surface area contributed by atoms with E-state index in [1.54, 1.807) is 0 Å². The van der Waals surface area contributed by atoms with Gasteiger partial charge in [-0.3, -0.25) is 4.68 Å². The molecule has 1 unspecified atom stereocenters. The van der Waals surface area contributed by atoms with Gasteiger partial charge in [-0.15, -0.1) is 0 Å². The summed E-state index contributed by atoms with van der Waals surface area (Å²) in [6.07, 6.45) is 10.9. The van der Waals surface area contributed by atoms with Crippen LogP contribution in [0.3, 0.4) is 0 Å². The molecule has 1 aromatic rings. The average Bonchev–Trinajstić information content (AvgIpc) is 2.91. The number of nitrogens with one attached hydrogen (secondary N) is 1. The van der Waals surface area contributed by atoms with Gasteiger partial charge in [0, 0.05) is 12.7 Å². The number of aromatic nitrogens is 2. The lowest BCUT2D eigenvalue weighted by Gasteiger charge is -2.59. The van der Waals surface area contributed by atoms with Crippen LogP contribution in [0.4, 0.5) is 0 Å². The zero-order valence-corrected chi connectivity index (χ0v) is 13.5. The first-order valence-electron chi connectivity index (χ1n) is 8.99. The second kappa shape index (κ2) is 5.12. The van der Waals surface area contributed by atoms with Gasteiger partial charge in [0.1, 0.15) is 0 Å². The van der Waals surface area contributed by atoms with Crippen LogP contribution < -0.4 is 5.32 Å². The van der Waals surface area contributed by atoms with E-state index < -0.39 is 0 Å². The molecule has 1 atom stereocenters. The van der Waals surface area contributed by atoms with Gasteiger partial charge in [-0.1, -0.05) is 6.92 Å². The minimum absolute atomic E-state index is 0.512. The number of hydrogen-bond donors (Lipinski definition) is 1. The Morgan fingerprint density at radius 2 is 1.81 bits per heavy atom. The van der Waals surface area contributed by atoms with Gasteiger partial charge in [-0.05, 0) is 81.2 Å². The fourth-order valence-electron chi connectivity index (χ4n) is 6.22. The summed E-state index contributed by atoms with van der Waals surface area (Å²) in [5.74, 6) is 3.03. The average molecular weight is 287 g/mol. The van der Waals surface area contributed by atoms with Crippen LogP contribution >= 0.6 is 0 Å². The Morgan fingerprint density at radius 1 is 1.19 bits per heavy atom. The van der Waals surface area contributed by atoms with Gasteiger partial charge < -0.3 is 5.32 Å². The van der Waals surface area contributed by atoms with Crippen LogP contribution in [-0.2, 0) is 6.54 Å². The molecule has 0 aliphatic heterocycles. The molecule has 4 saturated carbocycles. The molecule has 5 rings (SSSR count). The van der Waals surface area contributed by atoms with E-state index in [2.05, 4.69) is 35.0 Å². The first kappa shape index (κ1) is 13.8. The van der Waals surface area contributed by atoms with E-state index in [9.17, 15) is 0 Å². The monoisotopic (exact) mass is 287 g/mol. The van der Waals surface area contributed by atoms with Crippen molar-refractivity contribution in [1.82, 2.24) is 15.1 Å². The summed E-state index contributed by atoms with van der Waals surface area (Å²) in [6.45, 7) is 6.50. The molecule has 1 aromatic heterocycles. The van der Waals surface area contributed by atoms with Crippen molar-refractivity contribution in [3.8, 4) is 0 Å². The van der Waals surface area contributed by atoms with E-state index in [1.165, 1.54) is 44.2 Å². The number of rotatable bonds is 5. The van der Waals surface area contributed by atoms with Crippen LogP contribution in [0.5, 0.6) is 0 Å². The van der Waals surface area contributed by atoms with Crippen molar-refractivity contribution < 1.29 is 0 Å². The number of aryl methyl sites for hydroxylation is 1. The Morgan fingerprint density at radius 3 is 2.33 bits per heavy atom. The van der Waals surface area contributed by atoms with E-state index in [-0.39, 0.29) is 0 Å². The fourth-order valence-corrected chi connectivity index (χ4v) is 6.22. The minimum atomic E-state index is 0.512. The van der Waals surface area contributed by atoms with Gasteiger partial charge in [0.2, 0.25) is 0 Å². The zero-order valence-electron chi connectivity index (χ0n) is 13.5. The topological polar surface area (TPSA) is 29.9 Å². The molecular weight excluding hydrogens is 258 g/mol. The van der Waals surface area contributed by atoms with E-state index in [0.29, 0.717) is 11.5 Å². The number of hydrogen-bond acceptors (Lipinski definition) is 2. The summed E-state index contributed by atoms with van der Waals surface area (Å²) in [4.78, 5) is 0. The highest BCUT2D eigenvalue weighted by Crippen LogP contribution is 2.63. The molecule has 4 aliphatic rings. The summed E-state index contributed by atoms with van der Waals surface area (Å²) >= 11 is 0. The summed E-state index contributed by atoms with van der Waals surface area (Å²) in [5.41, 5.74) is 1.94. The van der Waals surface area contributed by atoms with Gasteiger partial charge in [0.15, 0.2) is 0 Å². The molecule has 21 heavy (non-hydrogen) atoms. The Kier molecular flexibility index (Phi) is 3.36. The molecule has 0 amide bonds. The molecular formula is C18H29N3. The molecule has 3 nitrogen and oxygen atoms in total. The molecule has 0 saturated heterocycles. The normalized spacial score (nSPS) is 38.9. The highest BCUT2D eigenvalue weighted by molar-refractivity contribution is 5.16. The van der Waals surface area contributed by atoms with Crippen LogP contribution in [0.2, 0.25) is 0 Å². The highest BCUT2D eigenvalue weighted by Gasteiger charge is 2.54. The first-order chi connectivity index (χ1) is 10.2. The van der Waals surface area contributed by atoms with Gasteiger partial charge in [0.05, 0.1) is 11.7 Å². The molecule has 116 valence electrons. The second-order valence-electron chi connectivity index (χ2n) is 7.84. The molecule has 0 spiro atoms. The predicted octanol–water partition coefficient (Wildman–Crippen LogP) is 3.77. The molecule has 4 aliphatic carbocycles. The Hall–Kier alpha value is -0.830. The highest BCUT2D eigenvalue weighted by atomic mass is 15.3. The lowest BCUT2D eigenvalue weighted by atomic mass is 9.47. The molecule has 3 heteroatoms. The maximum absolute atomic E-state index is 4.54. The SMILES string of the molecule is CCNC(c1ccnn1CC)C12CC3CC(CC(C3)C1)C2. The van der Waals surface area contributed by atoms with Crippen molar-refractivity contribution in [3.05, 3.63) is 18.0 Å². The van der Waals surface area contributed by atoms with Gasteiger partial charge in [-0.25, -0.2) is 0 Å². The molecule has 0 radical (unpaired) electrons. The summed E-state index contributed by atoms with van der Waals surface area (Å²) < 4.78 is 2.21. The largest absolute Gasteiger partial charge is 0.308 e. The third-order valence-electron chi connectivity index (χ3n) is 6.45. The van der Waals surface area contributed by atoms with Crippen molar-refractivity contribution in [3.63, 3.8) is 0 Å². The van der Waals surface area contributed by atoms with E-state index in [4.69, 9.17) is 0 Å². The molecule has 4 bridgehead atoms. The van der Waals surface area contributed by atoms with E-state index in [0.717, 1.165) is 30.8 Å². The molecule has 1 N–H and O–H groups in total. The smallest absolute Gasteiger partial charge is 0.0559 e. The third kappa shape index (κ3) is 2.16. The van der Waals surface area contributed by atoms with E-state index in [1.807, 2.05) is 6.20 Å². The van der Waals surface area contributed by atoms with Crippen molar-refractivity contribution in [1.29, 1.82) is 0 Å². The lowest BCUT2D eigenvalue weighted by Crippen LogP contribution is -2.52. The molecule has 4 fully saturated rings. The Balaban J connectivity index is 1.70. The van der Waals surface area contributed by atoms with E-state index >= 15 is 0 Å². The van der Waals surface area contributed by atoms with Crippen molar-refractivity contribution in [2.75, 3.05) is 6.54 Å². The van der Waals surface area contributed by atoms with Crippen LogP contribution in [0.1, 0.15) is 64.1 Å². The molecule has 0 aromatic carbocycles. The third-order valence-corrected chi connectivity index (χ3v) is 6.45. The lowest BCUT2D eigenvalue weighted by molar-refractivity contribution is -0.0760. The maximum Gasteiger partial charge on any atom is 0.0559 e. The summed E-state index contributed by atoms with van der Waals surface area (Å²) in [7, 11) is 0.